The Hall–Kier alpha value is -1.13. The fourth-order valence-corrected chi connectivity index (χ4v) is 2.25. The monoisotopic (exact) mass is 346 g/mol. The van der Waals surface area contributed by atoms with E-state index in [2.05, 4.69) is 15.9 Å². The molecule has 0 saturated carbocycles. The van der Waals surface area contributed by atoms with E-state index in [0.29, 0.717) is 16.5 Å². The van der Waals surface area contributed by atoms with Gasteiger partial charge in [-0.15, -0.1) is 0 Å². The highest BCUT2D eigenvalue weighted by atomic mass is 79.9. The van der Waals surface area contributed by atoms with Crippen LogP contribution in [0.25, 0.3) is 0 Å². The first-order chi connectivity index (χ1) is 9.13. The lowest BCUT2D eigenvalue weighted by molar-refractivity contribution is 0.287. The summed E-state index contributed by atoms with van der Waals surface area (Å²) in [5.41, 5.74) is 1.16. The number of rotatable bonds is 4. The first-order valence-electron chi connectivity index (χ1n) is 5.52. The summed E-state index contributed by atoms with van der Waals surface area (Å²) >= 11 is 9.08. The van der Waals surface area contributed by atoms with Crippen LogP contribution in [0.15, 0.2) is 36.4 Å². The number of para-hydroxylation sites is 1. The highest BCUT2D eigenvalue weighted by molar-refractivity contribution is 9.08. The van der Waals surface area contributed by atoms with Crippen molar-refractivity contribution in [1.29, 1.82) is 0 Å². The maximum Gasteiger partial charge on any atom is 0.165 e. The molecule has 100 valence electrons. The highest BCUT2D eigenvalue weighted by Crippen LogP contribution is 2.27. The molecule has 0 aliphatic rings. The summed E-state index contributed by atoms with van der Waals surface area (Å²) in [6.07, 6.45) is 0. The van der Waals surface area contributed by atoms with E-state index >= 15 is 0 Å². The van der Waals surface area contributed by atoms with Gasteiger partial charge in [-0.05, 0) is 12.1 Å². The van der Waals surface area contributed by atoms with Gasteiger partial charge in [-0.1, -0.05) is 51.8 Å². The molecule has 0 N–H and O–H groups in total. The van der Waals surface area contributed by atoms with Gasteiger partial charge < -0.3 is 4.74 Å². The van der Waals surface area contributed by atoms with Gasteiger partial charge >= 0.3 is 0 Å². The zero-order valence-electron chi connectivity index (χ0n) is 9.80. The maximum absolute atomic E-state index is 13.7. The predicted octanol–water partition coefficient (Wildman–Crippen LogP) is 5.09. The molecule has 0 aliphatic carbocycles. The Kier molecular flexibility index (Phi) is 4.77. The number of benzene rings is 2. The van der Waals surface area contributed by atoms with Gasteiger partial charge in [0.15, 0.2) is 11.6 Å². The predicted molar refractivity (Wildman–Crippen MR) is 74.8 cm³/mol. The molecule has 0 radical (unpaired) electrons. The lowest BCUT2D eigenvalue weighted by Crippen LogP contribution is -2.01. The fourth-order valence-electron chi connectivity index (χ4n) is 1.63. The van der Waals surface area contributed by atoms with Crippen molar-refractivity contribution in [1.82, 2.24) is 0 Å². The SMILES string of the molecule is Fc1cccc(COc2c(F)cccc2CBr)c1Cl. The molecule has 5 heteroatoms. The van der Waals surface area contributed by atoms with E-state index in [0.717, 1.165) is 0 Å². The van der Waals surface area contributed by atoms with Gasteiger partial charge in [0, 0.05) is 16.5 Å². The standard InChI is InChI=1S/C14H10BrClF2O/c15-7-9-3-1-6-12(18)14(9)19-8-10-4-2-5-11(17)13(10)16/h1-6H,7-8H2. The zero-order chi connectivity index (χ0) is 13.8. The van der Waals surface area contributed by atoms with Crippen LogP contribution in [0, 0.1) is 11.6 Å². The maximum atomic E-state index is 13.7. The van der Waals surface area contributed by atoms with Crippen molar-refractivity contribution >= 4 is 27.5 Å². The Labute approximate surface area is 123 Å². The van der Waals surface area contributed by atoms with Crippen LogP contribution in [-0.4, -0.2) is 0 Å². The molecule has 0 unspecified atom stereocenters. The lowest BCUT2D eigenvalue weighted by atomic mass is 10.2. The molecule has 0 spiro atoms. The summed E-state index contributed by atoms with van der Waals surface area (Å²) in [6, 6.07) is 9.11. The van der Waals surface area contributed by atoms with Crippen LogP contribution in [0.2, 0.25) is 5.02 Å². The van der Waals surface area contributed by atoms with Crippen molar-refractivity contribution in [3.05, 3.63) is 64.2 Å². The highest BCUT2D eigenvalue weighted by Gasteiger charge is 2.11. The first kappa shape index (κ1) is 14.3. The van der Waals surface area contributed by atoms with E-state index in [1.165, 1.54) is 18.2 Å². The van der Waals surface area contributed by atoms with Crippen molar-refractivity contribution in [3.8, 4) is 5.75 Å². The second-order valence-corrected chi connectivity index (χ2v) is 4.80. The molecular weight excluding hydrogens is 338 g/mol. The number of hydrogen-bond donors (Lipinski definition) is 0. The second kappa shape index (κ2) is 6.35. The van der Waals surface area contributed by atoms with Gasteiger partial charge in [-0.2, -0.15) is 0 Å². The zero-order valence-corrected chi connectivity index (χ0v) is 12.1. The topological polar surface area (TPSA) is 9.23 Å². The molecule has 0 bridgehead atoms. The van der Waals surface area contributed by atoms with Crippen LogP contribution < -0.4 is 4.74 Å². The van der Waals surface area contributed by atoms with Crippen molar-refractivity contribution in [3.63, 3.8) is 0 Å². The van der Waals surface area contributed by atoms with Crippen molar-refractivity contribution in [2.45, 2.75) is 11.9 Å². The second-order valence-electron chi connectivity index (χ2n) is 3.86. The van der Waals surface area contributed by atoms with Crippen LogP contribution in [-0.2, 0) is 11.9 Å². The molecule has 0 saturated heterocycles. The molecule has 2 rings (SSSR count). The molecule has 19 heavy (non-hydrogen) atoms. The van der Waals surface area contributed by atoms with E-state index in [-0.39, 0.29) is 17.4 Å². The third-order valence-corrected chi connectivity index (χ3v) is 3.62. The number of alkyl halides is 1. The van der Waals surface area contributed by atoms with E-state index in [1.807, 2.05) is 0 Å². The molecular formula is C14H10BrClF2O. The summed E-state index contributed by atoms with van der Waals surface area (Å²) in [5.74, 6) is -0.818. The van der Waals surface area contributed by atoms with Crippen LogP contribution in [0.4, 0.5) is 8.78 Å². The molecule has 1 nitrogen and oxygen atoms in total. The first-order valence-corrected chi connectivity index (χ1v) is 7.02. The van der Waals surface area contributed by atoms with Crippen molar-refractivity contribution in [2.24, 2.45) is 0 Å². The van der Waals surface area contributed by atoms with E-state index in [4.69, 9.17) is 16.3 Å². The number of ether oxygens (including phenoxy) is 1. The molecule has 0 aromatic heterocycles. The minimum atomic E-state index is -0.517. The van der Waals surface area contributed by atoms with Gasteiger partial charge in [0.25, 0.3) is 0 Å². The Morgan fingerprint density at radius 3 is 2.32 bits per heavy atom. The molecule has 2 aromatic rings. The quantitative estimate of drug-likeness (QED) is 0.700. The van der Waals surface area contributed by atoms with Crippen molar-refractivity contribution < 1.29 is 13.5 Å². The Bertz CT molecular complexity index is 590. The molecule has 2 aromatic carbocycles. The molecule has 0 aliphatic heterocycles. The van der Waals surface area contributed by atoms with E-state index < -0.39 is 11.6 Å². The summed E-state index contributed by atoms with van der Waals surface area (Å²) in [5, 5.41) is 0.469. The van der Waals surface area contributed by atoms with Gasteiger partial charge in [0.2, 0.25) is 0 Å². The smallest absolute Gasteiger partial charge is 0.165 e. The molecule has 0 atom stereocenters. The molecule has 0 amide bonds. The lowest BCUT2D eigenvalue weighted by Gasteiger charge is -2.12. The number of halogens is 4. The Balaban J connectivity index is 2.21. The van der Waals surface area contributed by atoms with Gasteiger partial charge in [-0.3, -0.25) is 0 Å². The van der Waals surface area contributed by atoms with Crippen molar-refractivity contribution in [2.75, 3.05) is 0 Å². The minimum Gasteiger partial charge on any atom is -0.485 e. The largest absolute Gasteiger partial charge is 0.485 e. The fraction of sp³-hybridized carbons (Fsp3) is 0.143. The van der Waals surface area contributed by atoms with E-state index in [1.54, 1.807) is 18.2 Å². The third-order valence-electron chi connectivity index (χ3n) is 2.60. The summed E-state index contributed by atoms with van der Waals surface area (Å²) in [7, 11) is 0. The van der Waals surface area contributed by atoms with Crippen LogP contribution in [0.1, 0.15) is 11.1 Å². The van der Waals surface area contributed by atoms with E-state index in [9.17, 15) is 8.78 Å². The van der Waals surface area contributed by atoms with Crippen LogP contribution >= 0.6 is 27.5 Å². The van der Waals surface area contributed by atoms with Crippen LogP contribution in [0.3, 0.4) is 0 Å². The third kappa shape index (κ3) is 3.25. The van der Waals surface area contributed by atoms with Gasteiger partial charge in [-0.25, -0.2) is 8.78 Å². The molecule has 0 fully saturated rings. The summed E-state index contributed by atoms with van der Waals surface area (Å²) in [6.45, 7) is 0.0114. The Morgan fingerprint density at radius 2 is 1.63 bits per heavy atom. The van der Waals surface area contributed by atoms with Gasteiger partial charge in [0.1, 0.15) is 12.4 Å². The average Bonchev–Trinajstić information content (AvgIpc) is 2.41. The molecule has 0 heterocycles. The summed E-state index contributed by atoms with van der Waals surface area (Å²) in [4.78, 5) is 0. The average molecular weight is 348 g/mol. The van der Waals surface area contributed by atoms with Crippen LogP contribution in [0.5, 0.6) is 5.75 Å². The van der Waals surface area contributed by atoms with Gasteiger partial charge in [0.05, 0.1) is 5.02 Å². The normalized spacial score (nSPS) is 10.5. The summed E-state index contributed by atoms with van der Waals surface area (Å²) < 4.78 is 32.4. The number of hydrogen-bond acceptors (Lipinski definition) is 1. The Morgan fingerprint density at radius 1 is 1.00 bits per heavy atom. The minimum absolute atomic E-state index is 0.000712.